The summed E-state index contributed by atoms with van der Waals surface area (Å²) < 4.78 is 18.3. The Morgan fingerprint density at radius 3 is 2.34 bits per heavy atom. The minimum atomic E-state index is -0.184. The third-order valence-electron chi connectivity index (χ3n) is 5.85. The van der Waals surface area contributed by atoms with E-state index in [1.807, 2.05) is 19.2 Å². The number of hydrogen-bond acceptors (Lipinski definition) is 4. The van der Waals surface area contributed by atoms with Crippen molar-refractivity contribution in [3.8, 4) is 0 Å². The molecule has 2 saturated heterocycles. The van der Waals surface area contributed by atoms with Gasteiger partial charge in [-0.3, -0.25) is 4.99 Å². The van der Waals surface area contributed by atoms with Crippen LogP contribution in [0.2, 0.25) is 0 Å². The fraction of sp³-hybridized carbons (Fsp3) is 0.667. The lowest BCUT2D eigenvalue weighted by Gasteiger charge is -2.38. The number of benzene rings is 1. The molecule has 0 aliphatic carbocycles. The highest BCUT2D eigenvalue weighted by Gasteiger charge is 2.22. The van der Waals surface area contributed by atoms with Crippen LogP contribution >= 0.6 is 24.0 Å². The molecule has 1 aromatic rings. The summed E-state index contributed by atoms with van der Waals surface area (Å²) in [7, 11) is 3.63. The van der Waals surface area contributed by atoms with Gasteiger partial charge in [-0.15, -0.1) is 24.0 Å². The van der Waals surface area contributed by atoms with Gasteiger partial charge in [-0.05, 0) is 56.1 Å². The molecule has 2 aliphatic rings. The summed E-state index contributed by atoms with van der Waals surface area (Å²) in [6, 6.07) is 6.78. The van der Waals surface area contributed by atoms with Crippen molar-refractivity contribution in [2.24, 2.45) is 10.9 Å². The normalized spacial score (nSPS) is 19.2. The highest BCUT2D eigenvalue weighted by atomic mass is 127. The molecule has 6 nitrogen and oxygen atoms in total. The molecule has 2 heterocycles. The maximum atomic E-state index is 13.1. The number of halogens is 2. The van der Waals surface area contributed by atoms with Crippen LogP contribution in [0, 0.1) is 11.7 Å². The van der Waals surface area contributed by atoms with Crippen LogP contribution in [0.25, 0.3) is 0 Å². The number of nitrogens with one attached hydrogen (secondary N) is 1. The number of hydrogen-bond donors (Lipinski definition) is 1. The highest BCUT2D eigenvalue weighted by molar-refractivity contribution is 14.0. The van der Waals surface area contributed by atoms with Crippen LogP contribution in [0.15, 0.2) is 29.3 Å². The van der Waals surface area contributed by atoms with E-state index in [4.69, 9.17) is 4.74 Å². The van der Waals surface area contributed by atoms with Crippen molar-refractivity contribution in [2.45, 2.75) is 12.8 Å². The number of piperazine rings is 1. The Bertz CT molecular complexity index is 614. The monoisotopic (exact) mass is 519 g/mol. The highest BCUT2D eigenvalue weighted by Crippen LogP contribution is 2.18. The van der Waals surface area contributed by atoms with Crippen LogP contribution in [0.5, 0.6) is 0 Å². The Hall–Kier alpha value is -1.13. The van der Waals surface area contributed by atoms with Gasteiger partial charge in [-0.25, -0.2) is 4.39 Å². The summed E-state index contributed by atoms with van der Waals surface area (Å²) in [4.78, 5) is 11.6. The van der Waals surface area contributed by atoms with E-state index in [2.05, 4.69) is 25.0 Å². The molecular formula is C21H35FIN5O. The first kappa shape index (κ1) is 24.1. The van der Waals surface area contributed by atoms with E-state index < -0.39 is 0 Å². The van der Waals surface area contributed by atoms with Crippen molar-refractivity contribution in [1.82, 2.24) is 15.1 Å². The lowest BCUT2D eigenvalue weighted by atomic mass is 9.97. The number of rotatable bonds is 6. The summed E-state index contributed by atoms with van der Waals surface area (Å²) in [6.45, 7) is 8.85. The average Bonchev–Trinajstić information content (AvgIpc) is 2.74. The van der Waals surface area contributed by atoms with Crippen LogP contribution in [-0.2, 0) is 4.74 Å². The molecule has 0 unspecified atom stereocenters. The van der Waals surface area contributed by atoms with Gasteiger partial charge in [0, 0.05) is 59.1 Å². The van der Waals surface area contributed by atoms with Crippen molar-refractivity contribution < 1.29 is 9.13 Å². The van der Waals surface area contributed by atoms with Crippen molar-refractivity contribution in [3.63, 3.8) is 0 Å². The topological polar surface area (TPSA) is 43.3 Å². The molecule has 29 heavy (non-hydrogen) atoms. The zero-order valence-electron chi connectivity index (χ0n) is 17.6. The van der Waals surface area contributed by atoms with Gasteiger partial charge in [0.15, 0.2) is 5.96 Å². The van der Waals surface area contributed by atoms with E-state index in [0.29, 0.717) is 5.92 Å². The summed E-state index contributed by atoms with van der Waals surface area (Å²) in [5, 5.41) is 3.59. The summed E-state index contributed by atoms with van der Waals surface area (Å²) >= 11 is 0. The molecule has 0 aromatic heterocycles. The number of nitrogens with zero attached hydrogens (tertiary/aromatic N) is 4. The number of aliphatic imine (C=N–C) groups is 1. The maximum Gasteiger partial charge on any atom is 0.193 e. The first-order valence-corrected chi connectivity index (χ1v) is 10.4. The smallest absolute Gasteiger partial charge is 0.193 e. The maximum absolute atomic E-state index is 13.1. The molecule has 0 radical (unpaired) electrons. The van der Waals surface area contributed by atoms with Gasteiger partial charge in [0.25, 0.3) is 0 Å². The van der Waals surface area contributed by atoms with Crippen LogP contribution in [-0.4, -0.2) is 88.9 Å². The van der Waals surface area contributed by atoms with E-state index >= 15 is 0 Å². The standard InChI is InChI=1S/C21H34FN5O.HI/c1-23-21(24-17-18-7-9-25(10-8-18)15-16-28-2)27-13-11-26(12-14-27)20-5-3-19(22)4-6-20;/h3-6,18H,7-17H2,1-2H3,(H,23,24);1H. The third-order valence-corrected chi connectivity index (χ3v) is 5.85. The fourth-order valence-electron chi connectivity index (χ4n) is 4.03. The molecule has 164 valence electrons. The molecule has 0 spiro atoms. The predicted octanol–water partition coefficient (Wildman–Crippen LogP) is 2.50. The first-order valence-electron chi connectivity index (χ1n) is 10.4. The molecule has 1 aromatic carbocycles. The molecule has 1 N–H and O–H groups in total. The van der Waals surface area contributed by atoms with E-state index in [1.54, 1.807) is 7.11 Å². The number of methoxy groups -OCH3 is 1. The van der Waals surface area contributed by atoms with Crippen molar-refractivity contribution in [2.75, 3.05) is 78.0 Å². The van der Waals surface area contributed by atoms with Crippen molar-refractivity contribution in [1.29, 1.82) is 0 Å². The zero-order valence-corrected chi connectivity index (χ0v) is 20.0. The number of piperidine rings is 1. The molecule has 0 amide bonds. The van der Waals surface area contributed by atoms with Crippen LogP contribution in [0.3, 0.4) is 0 Å². The van der Waals surface area contributed by atoms with Crippen LogP contribution in [0.1, 0.15) is 12.8 Å². The molecule has 0 bridgehead atoms. The number of anilines is 1. The van der Waals surface area contributed by atoms with E-state index in [0.717, 1.165) is 70.6 Å². The third kappa shape index (κ3) is 7.25. The van der Waals surface area contributed by atoms with Crippen molar-refractivity contribution >= 4 is 35.6 Å². The van der Waals surface area contributed by atoms with Gasteiger partial charge in [-0.1, -0.05) is 0 Å². The molecule has 2 aliphatic heterocycles. The van der Waals surface area contributed by atoms with E-state index in [-0.39, 0.29) is 29.8 Å². The summed E-state index contributed by atoms with van der Waals surface area (Å²) in [5.74, 6) is 1.52. The number of ether oxygens (including phenoxy) is 1. The molecular weight excluding hydrogens is 484 g/mol. The van der Waals surface area contributed by atoms with Crippen LogP contribution in [0.4, 0.5) is 10.1 Å². The minimum absolute atomic E-state index is 0. The quantitative estimate of drug-likeness (QED) is 0.356. The average molecular weight is 519 g/mol. The Balaban J connectivity index is 0.00000300. The largest absolute Gasteiger partial charge is 0.383 e. The molecule has 2 fully saturated rings. The first-order chi connectivity index (χ1) is 13.7. The van der Waals surface area contributed by atoms with Crippen LogP contribution < -0.4 is 10.2 Å². The Morgan fingerprint density at radius 2 is 1.76 bits per heavy atom. The van der Waals surface area contributed by atoms with Gasteiger partial charge in [-0.2, -0.15) is 0 Å². The minimum Gasteiger partial charge on any atom is -0.383 e. The summed E-state index contributed by atoms with van der Waals surface area (Å²) in [6.07, 6.45) is 2.46. The second-order valence-electron chi connectivity index (χ2n) is 7.66. The summed E-state index contributed by atoms with van der Waals surface area (Å²) in [5.41, 5.74) is 1.09. The lowest BCUT2D eigenvalue weighted by Crippen LogP contribution is -2.53. The SMILES string of the molecule is CN=C(NCC1CCN(CCOC)CC1)N1CCN(c2ccc(F)cc2)CC1.I. The molecule has 3 rings (SSSR count). The lowest BCUT2D eigenvalue weighted by molar-refractivity contribution is 0.120. The number of guanidine groups is 1. The van der Waals surface area contributed by atoms with Gasteiger partial charge < -0.3 is 24.8 Å². The van der Waals surface area contributed by atoms with Gasteiger partial charge in [0.2, 0.25) is 0 Å². The Labute approximate surface area is 191 Å². The van der Waals surface area contributed by atoms with Crippen molar-refractivity contribution in [3.05, 3.63) is 30.1 Å². The van der Waals surface area contributed by atoms with Gasteiger partial charge in [0.1, 0.15) is 5.82 Å². The second kappa shape index (κ2) is 12.5. The van der Waals surface area contributed by atoms with Gasteiger partial charge >= 0.3 is 0 Å². The van der Waals surface area contributed by atoms with E-state index in [9.17, 15) is 4.39 Å². The second-order valence-corrected chi connectivity index (χ2v) is 7.66. The molecule has 8 heteroatoms. The van der Waals surface area contributed by atoms with E-state index in [1.165, 1.54) is 25.0 Å². The zero-order chi connectivity index (χ0) is 19.8. The Kier molecular flexibility index (Phi) is 10.4. The number of likely N-dealkylation sites (tertiary alicyclic amines) is 1. The molecule has 0 atom stereocenters. The van der Waals surface area contributed by atoms with Gasteiger partial charge in [0.05, 0.1) is 6.61 Å². The molecule has 0 saturated carbocycles. The fourth-order valence-corrected chi connectivity index (χ4v) is 4.03. The Morgan fingerprint density at radius 1 is 1.10 bits per heavy atom. The predicted molar refractivity (Wildman–Crippen MR) is 128 cm³/mol.